The summed E-state index contributed by atoms with van der Waals surface area (Å²) < 4.78 is 0. The predicted octanol–water partition coefficient (Wildman–Crippen LogP) is 3.99. The van der Waals surface area contributed by atoms with Gasteiger partial charge in [0.2, 0.25) is 0 Å². The SMILES string of the molecule is CCNC(=O)NC1CCC(CN(C)C2CN(c3cccc(Cl)c3Cl)C2)CC1. The lowest BCUT2D eigenvalue weighted by Crippen LogP contribution is -2.59. The number of benzene rings is 1. The number of carbonyl (C=O) groups is 1. The third-order valence-corrected chi connectivity index (χ3v) is 6.63. The van der Waals surface area contributed by atoms with Crippen LogP contribution in [0.2, 0.25) is 10.0 Å². The molecule has 150 valence electrons. The summed E-state index contributed by atoms with van der Waals surface area (Å²) in [5.41, 5.74) is 1.03. The van der Waals surface area contributed by atoms with E-state index in [1.807, 2.05) is 25.1 Å². The Balaban J connectivity index is 1.39. The monoisotopic (exact) mass is 412 g/mol. The van der Waals surface area contributed by atoms with Gasteiger partial charge in [-0.15, -0.1) is 0 Å². The van der Waals surface area contributed by atoms with Crippen molar-refractivity contribution in [1.29, 1.82) is 0 Å². The van der Waals surface area contributed by atoms with Crippen molar-refractivity contribution in [2.45, 2.75) is 44.7 Å². The van der Waals surface area contributed by atoms with Gasteiger partial charge in [-0.3, -0.25) is 4.90 Å². The lowest BCUT2D eigenvalue weighted by Gasteiger charge is -2.47. The summed E-state index contributed by atoms with van der Waals surface area (Å²) in [6.45, 7) is 5.71. The first kappa shape index (κ1) is 20.6. The Morgan fingerprint density at radius 3 is 2.59 bits per heavy atom. The maximum absolute atomic E-state index is 11.6. The first-order valence-corrected chi connectivity index (χ1v) is 10.7. The molecule has 0 atom stereocenters. The predicted molar refractivity (Wildman–Crippen MR) is 113 cm³/mol. The Bertz CT molecular complexity index is 643. The smallest absolute Gasteiger partial charge is 0.314 e. The van der Waals surface area contributed by atoms with Crippen LogP contribution in [0.25, 0.3) is 0 Å². The average molecular weight is 413 g/mol. The van der Waals surface area contributed by atoms with E-state index >= 15 is 0 Å². The van der Waals surface area contributed by atoms with E-state index in [-0.39, 0.29) is 6.03 Å². The molecule has 0 radical (unpaired) electrons. The van der Waals surface area contributed by atoms with Gasteiger partial charge in [0.15, 0.2) is 0 Å². The highest BCUT2D eigenvalue weighted by molar-refractivity contribution is 6.43. The number of nitrogens with one attached hydrogen (secondary N) is 2. The molecule has 1 aliphatic carbocycles. The number of hydrogen-bond acceptors (Lipinski definition) is 3. The zero-order valence-corrected chi connectivity index (χ0v) is 17.7. The van der Waals surface area contributed by atoms with Crippen LogP contribution < -0.4 is 15.5 Å². The second kappa shape index (κ2) is 9.35. The van der Waals surface area contributed by atoms with Crippen LogP contribution in [0.3, 0.4) is 0 Å². The molecule has 1 saturated carbocycles. The Kier molecular flexibility index (Phi) is 7.12. The number of nitrogens with zero attached hydrogens (tertiary/aromatic N) is 2. The molecule has 0 bridgehead atoms. The molecule has 0 spiro atoms. The fourth-order valence-electron chi connectivity index (χ4n) is 4.11. The Morgan fingerprint density at radius 2 is 1.93 bits per heavy atom. The normalized spacial score (nSPS) is 23.2. The number of anilines is 1. The highest BCUT2D eigenvalue weighted by Crippen LogP contribution is 2.35. The molecule has 7 heteroatoms. The molecule has 1 heterocycles. The molecule has 0 unspecified atom stereocenters. The maximum Gasteiger partial charge on any atom is 0.314 e. The fourth-order valence-corrected chi connectivity index (χ4v) is 4.53. The standard InChI is InChI=1S/C20H30Cl2N4O/c1-3-23-20(27)24-15-9-7-14(8-10-15)11-25(2)16-12-26(13-16)18-6-4-5-17(21)19(18)22/h4-6,14-16H,3,7-13H2,1-2H3,(H2,23,24,27). The van der Waals surface area contributed by atoms with Crippen molar-refractivity contribution in [3.8, 4) is 0 Å². The molecule has 1 aliphatic heterocycles. The first-order chi connectivity index (χ1) is 13.0. The molecule has 27 heavy (non-hydrogen) atoms. The Morgan fingerprint density at radius 1 is 1.22 bits per heavy atom. The van der Waals surface area contributed by atoms with Crippen molar-refractivity contribution in [3.63, 3.8) is 0 Å². The third kappa shape index (κ3) is 5.21. The van der Waals surface area contributed by atoms with Crippen LogP contribution >= 0.6 is 23.2 Å². The molecule has 1 aromatic rings. The number of carbonyl (C=O) groups excluding carboxylic acids is 1. The molecule has 3 rings (SSSR count). The summed E-state index contributed by atoms with van der Waals surface area (Å²) in [5, 5.41) is 7.16. The second-order valence-corrected chi connectivity index (χ2v) is 8.58. The summed E-state index contributed by atoms with van der Waals surface area (Å²) >= 11 is 12.5. The Hall–Kier alpha value is -1.17. The fraction of sp³-hybridized carbons (Fsp3) is 0.650. The molecular formula is C20H30Cl2N4O. The minimum absolute atomic E-state index is 0.0349. The van der Waals surface area contributed by atoms with Gasteiger partial charge < -0.3 is 15.5 Å². The zero-order chi connectivity index (χ0) is 19.4. The van der Waals surface area contributed by atoms with E-state index in [2.05, 4.69) is 27.5 Å². The van der Waals surface area contributed by atoms with Crippen molar-refractivity contribution in [1.82, 2.24) is 15.5 Å². The van der Waals surface area contributed by atoms with Crippen LogP contribution in [0.4, 0.5) is 10.5 Å². The minimum atomic E-state index is -0.0349. The zero-order valence-electron chi connectivity index (χ0n) is 16.2. The molecule has 1 aromatic carbocycles. The number of amides is 2. The van der Waals surface area contributed by atoms with Crippen molar-refractivity contribution in [3.05, 3.63) is 28.2 Å². The molecule has 5 nitrogen and oxygen atoms in total. The van der Waals surface area contributed by atoms with Crippen molar-refractivity contribution in [2.24, 2.45) is 5.92 Å². The summed E-state index contributed by atoms with van der Waals surface area (Å²) in [7, 11) is 2.22. The van der Waals surface area contributed by atoms with Gasteiger partial charge in [0.25, 0.3) is 0 Å². The van der Waals surface area contributed by atoms with Gasteiger partial charge >= 0.3 is 6.03 Å². The van der Waals surface area contributed by atoms with Crippen LogP contribution in [-0.4, -0.2) is 56.2 Å². The number of hydrogen-bond donors (Lipinski definition) is 2. The van der Waals surface area contributed by atoms with Gasteiger partial charge in [0.05, 0.1) is 15.7 Å². The van der Waals surface area contributed by atoms with E-state index in [0.717, 1.165) is 38.2 Å². The van der Waals surface area contributed by atoms with Crippen molar-refractivity contribution >= 4 is 34.9 Å². The summed E-state index contributed by atoms with van der Waals surface area (Å²) in [6, 6.07) is 6.66. The van der Waals surface area contributed by atoms with Gasteiger partial charge in [-0.25, -0.2) is 4.79 Å². The summed E-state index contributed by atoms with van der Waals surface area (Å²) in [6.07, 6.45) is 4.51. The lowest BCUT2D eigenvalue weighted by molar-refractivity contribution is 0.151. The van der Waals surface area contributed by atoms with Crippen LogP contribution in [0.5, 0.6) is 0 Å². The number of likely N-dealkylation sites (N-methyl/N-ethyl adjacent to an activating group) is 1. The molecule has 2 aliphatic rings. The average Bonchev–Trinajstić information content (AvgIpc) is 2.59. The highest BCUT2D eigenvalue weighted by atomic mass is 35.5. The molecule has 2 fully saturated rings. The van der Waals surface area contributed by atoms with Crippen LogP contribution in [0.15, 0.2) is 18.2 Å². The van der Waals surface area contributed by atoms with Gasteiger partial charge in [0, 0.05) is 38.3 Å². The van der Waals surface area contributed by atoms with E-state index < -0.39 is 0 Å². The van der Waals surface area contributed by atoms with Crippen LogP contribution in [-0.2, 0) is 0 Å². The molecule has 2 amide bonds. The third-order valence-electron chi connectivity index (χ3n) is 5.82. The first-order valence-electron chi connectivity index (χ1n) is 9.91. The number of urea groups is 1. The van der Waals surface area contributed by atoms with Gasteiger partial charge in [-0.1, -0.05) is 29.3 Å². The number of halogens is 2. The number of rotatable bonds is 6. The summed E-state index contributed by atoms with van der Waals surface area (Å²) in [5.74, 6) is 0.714. The van der Waals surface area contributed by atoms with Crippen LogP contribution in [0.1, 0.15) is 32.6 Å². The maximum atomic E-state index is 11.6. The highest BCUT2D eigenvalue weighted by Gasteiger charge is 2.33. The lowest BCUT2D eigenvalue weighted by atomic mass is 9.85. The van der Waals surface area contributed by atoms with Gasteiger partial charge in [-0.2, -0.15) is 0 Å². The molecule has 2 N–H and O–H groups in total. The van der Waals surface area contributed by atoms with Crippen molar-refractivity contribution in [2.75, 3.05) is 38.1 Å². The van der Waals surface area contributed by atoms with E-state index in [4.69, 9.17) is 23.2 Å². The van der Waals surface area contributed by atoms with Crippen molar-refractivity contribution < 1.29 is 4.79 Å². The quantitative estimate of drug-likeness (QED) is 0.742. The largest absolute Gasteiger partial charge is 0.367 e. The van der Waals surface area contributed by atoms with E-state index in [0.29, 0.717) is 34.6 Å². The van der Waals surface area contributed by atoms with Gasteiger partial charge in [-0.05, 0) is 57.7 Å². The minimum Gasteiger partial charge on any atom is -0.367 e. The van der Waals surface area contributed by atoms with Crippen LogP contribution in [0, 0.1) is 5.92 Å². The van der Waals surface area contributed by atoms with Gasteiger partial charge in [0.1, 0.15) is 0 Å². The second-order valence-electron chi connectivity index (χ2n) is 7.79. The van der Waals surface area contributed by atoms with E-state index in [1.165, 1.54) is 12.8 Å². The topological polar surface area (TPSA) is 47.6 Å². The summed E-state index contributed by atoms with van der Waals surface area (Å²) in [4.78, 5) is 16.4. The Labute approximate surface area is 172 Å². The van der Waals surface area contributed by atoms with E-state index in [1.54, 1.807) is 0 Å². The molecular weight excluding hydrogens is 383 g/mol. The molecule has 0 aromatic heterocycles. The molecule has 1 saturated heterocycles. The van der Waals surface area contributed by atoms with E-state index in [9.17, 15) is 4.79 Å².